The van der Waals surface area contributed by atoms with Gasteiger partial charge in [-0.25, -0.2) is 0 Å². The minimum absolute atomic E-state index is 0.0303. The van der Waals surface area contributed by atoms with E-state index < -0.39 is 0 Å². The Bertz CT molecular complexity index is 537. The molecule has 0 spiro atoms. The van der Waals surface area contributed by atoms with Crippen LogP contribution in [0.2, 0.25) is 0 Å². The number of amides is 2. The van der Waals surface area contributed by atoms with Gasteiger partial charge in [0, 0.05) is 31.7 Å². The monoisotopic (exact) mass is 291 g/mol. The molecule has 6 heteroatoms. The second-order valence-corrected chi connectivity index (χ2v) is 5.23. The Morgan fingerprint density at radius 2 is 2.00 bits per heavy atom. The van der Waals surface area contributed by atoms with Crippen molar-refractivity contribution in [2.75, 3.05) is 25.9 Å². The molecule has 1 aliphatic rings. The van der Waals surface area contributed by atoms with E-state index in [1.165, 1.54) is 14.0 Å². The molecule has 3 N–H and O–H groups in total. The average molecular weight is 291 g/mol. The lowest BCUT2D eigenvalue weighted by atomic mass is 10.0. The van der Waals surface area contributed by atoms with Gasteiger partial charge in [0.1, 0.15) is 5.75 Å². The maximum absolute atomic E-state index is 12.6. The van der Waals surface area contributed by atoms with Gasteiger partial charge in [-0.05, 0) is 31.0 Å². The van der Waals surface area contributed by atoms with Crippen molar-refractivity contribution in [1.29, 1.82) is 0 Å². The van der Waals surface area contributed by atoms with E-state index in [-0.39, 0.29) is 17.9 Å². The lowest BCUT2D eigenvalue weighted by Crippen LogP contribution is -2.46. The summed E-state index contributed by atoms with van der Waals surface area (Å²) >= 11 is 0. The predicted molar refractivity (Wildman–Crippen MR) is 80.1 cm³/mol. The second-order valence-electron chi connectivity index (χ2n) is 5.23. The lowest BCUT2D eigenvalue weighted by molar-refractivity contribution is -0.119. The van der Waals surface area contributed by atoms with Crippen LogP contribution in [0.15, 0.2) is 18.2 Å². The van der Waals surface area contributed by atoms with E-state index >= 15 is 0 Å². The summed E-state index contributed by atoms with van der Waals surface area (Å²) in [5.74, 6) is 0.413. The molecule has 1 aromatic carbocycles. The quantitative estimate of drug-likeness (QED) is 0.814. The smallest absolute Gasteiger partial charge is 0.257 e. The highest BCUT2D eigenvalue weighted by Crippen LogP contribution is 2.24. The summed E-state index contributed by atoms with van der Waals surface area (Å²) in [6.45, 7) is 2.73. The van der Waals surface area contributed by atoms with Crippen LogP contribution in [-0.2, 0) is 4.79 Å². The molecule has 6 nitrogen and oxygen atoms in total. The van der Waals surface area contributed by atoms with Gasteiger partial charge in [-0.1, -0.05) is 0 Å². The molecule has 0 unspecified atom stereocenters. The summed E-state index contributed by atoms with van der Waals surface area (Å²) in [4.78, 5) is 25.4. The maximum Gasteiger partial charge on any atom is 0.257 e. The number of hydrogen-bond acceptors (Lipinski definition) is 4. The lowest BCUT2D eigenvalue weighted by Gasteiger charge is -2.32. The summed E-state index contributed by atoms with van der Waals surface area (Å²) in [7, 11) is 1.53. The highest BCUT2D eigenvalue weighted by molar-refractivity contribution is 5.98. The van der Waals surface area contributed by atoms with Crippen LogP contribution in [0, 0.1) is 0 Å². The number of carbonyl (C=O) groups is 2. The van der Waals surface area contributed by atoms with Crippen molar-refractivity contribution in [2.24, 2.45) is 0 Å². The summed E-state index contributed by atoms with van der Waals surface area (Å²) in [5, 5.41) is 2.89. The SMILES string of the molecule is COc1ccc(N)cc1C(=O)N1CCC(NC(C)=O)CC1. The van der Waals surface area contributed by atoms with Crippen molar-refractivity contribution < 1.29 is 14.3 Å². The molecule has 1 aliphatic heterocycles. The Balaban J connectivity index is 2.05. The van der Waals surface area contributed by atoms with E-state index in [2.05, 4.69) is 5.32 Å². The number of likely N-dealkylation sites (tertiary alicyclic amines) is 1. The van der Waals surface area contributed by atoms with E-state index in [0.29, 0.717) is 30.1 Å². The van der Waals surface area contributed by atoms with Crippen LogP contribution < -0.4 is 15.8 Å². The molecule has 0 aromatic heterocycles. The molecule has 0 saturated carbocycles. The number of carbonyl (C=O) groups excluding carboxylic acids is 2. The maximum atomic E-state index is 12.6. The van der Waals surface area contributed by atoms with Gasteiger partial charge in [-0.3, -0.25) is 9.59 Å². The Hall–Kier alpha value is -2.24. The first-order valence-corrected chi connectivity index (χ1v) is 7.01. The van der Waals surface area contributed by atoms with Crippen LogP contribution >= 0.6 is 0 Å². The molecule has 1 heterocycles. The molecule has 0 aliphatic carbocycles. The molecule has 1 saturated heterocycles. The van der Waals surface area contributed by atoms with Crippen molar-refractivity contribution in [2.45, 2.75) is 25.8 Å². The van der Waals surface area contributed by atoms with Gasteiger partial charge in [0.05, 0.1) is 12.7 Å². The first-order chi connectivity index (χ1) is 10.0. The molecule has 2 amide bonds. The molecular formula is C15H21N3O3. The third kappa shape index (κ3) is 3.65. The third-order valence-corrected chi connectivity index (χ3v) is 3.64. The first-order valence-electron chi connectivity index (χ1n) is 7.01. The van der Waals surface area contributed by atoms with Crippen molar-refractivity contribution in [3.05, 3.63) is 23.8 Å². The highest BCUT2D eigenvalue weighted by Gasteiger charge is 2.25. The van der Waals surface area contributed by atoms with Gasteiger partial charge in [-0.2, -0.15) is 0 Å². The zero-order valence-electron chi connectivity index (χ0n) is 12.4. The van der Waals surface area contributed by atoms with Crippen LogP contribution in [-0.4, -0.2) is 43.0 Å². The number of hydrogen-bond donors (Lipinski definition) is 2. The number of nitrogens with two attached hydrogens (primary N) is 1. The van der Waals surface area contributed by atoms with E-state index in [1.54, 1.807) is 23.1 Å². The Morgan fingerprint density at radius 3 is 2.57 bits per heavy atom. The topological polar surface area (TPSA) is 84.7 Å². The molecule has 2 rings (SSSR count). The summed E-state index contributed by atoms with van der Waals surface area (Å²) in [6, 6.07) is 5.20. The minimum Gasteiger partial charge on any atom is -0.496 e. The molecule has 0 atom stereocenters. The average Bonchev–Trinajstić information content (AvgIpc) is 2.46. The fourth-order valence-electron chi connectivity index (χ4n) is 2.58. The van der Waals surface area contributed by atoms with Gasteiger partial charge < -0.3 is 20.7 Å². The van der Waals surface area contributed by atoms with Gasteiger partial charge >= 0.3 is 0 Å². The molecule has 1 fully saturated rings. The van der Waals surface area contributed by atoms with Gasteiger partial charge in [0.25, 0.3) is 5.91 Å². The fraction of sp³-hybridized carbons (Fsp3) is 0.467. The molecule has 21 heavy (non-hydrogen) atoms. The zero-order chi connectivity index (χ0) is 15.4. The Morgan fingerprint density at radius 1 is 1.33 bits per heavy atom. The van der Waals surface area contributed by atoms with Crippen LogP contribution in [0.3, 0.4) is 0 Å². The number of piperidine rings is 1. The van der Waals surface area contributed by atoms with Crippen LogP contribution in [0.5, 0.6) is 5.75 Å². The molecule has 114 valence electrons. The minimum atomic E-state index is -0.0829. The number of nitrogens with zero attached hydrogens (tertiary/aromatic N) is 1. The van der Waals surface area contributed by atoms with Crippen LogP contribution in [0.4, 0.5) is 5.69 Å². The highest BCUT2D eigenvalue weighted by atomic mass is 16.5. The van der Waals surface area contributed by atoms with Crippen molar-refractivity contribution in [3.63, 3.8) is 0 Å². The van der Waals surface area contributed by atoms with E-state index in [1.807, 2.05) is 0 Å². The normalized spacial score (nSPS) is 15.6. The number of nitrogen functional groups attached to an aromatic ring is 1. The number of methoxy groups -OCH3 is 1. The van der Waals surface area contributed by atoms with Gasteiger partial charge in [-0.15, -0.1) is 0 Å². The summed E-state index contributed by atoms with van der Waals surface area (Å²) in [6.07, 6.45) is 1.52. The second kappa shape index (κ2) is 6.47. The summed E-state index contributed by atoms with van der Waals surface area (Å²) < 4.78 is 5.23. The first kappa shape index (κ1) is 15.2. The number of benzene rings is 1. The number of nitrogens with one attached hydrogen (secondary N) is 1. The molecule has 0 bridgehead atoms. The number of anilines is 1. The van der Waals surface area contributed by atoms with Crippen LogP contribution in [0.25, 0.3) is 0 Å². The van der Waals surface area contributed by atoms with Gasteiger partial charge in [0.2, 0.25) is 5.91 Å². The fourth-order valence-corrected chi connectivity index (χ4v) is 2.58. The largest absolute Gasteiger partial charge is 0.496 e. The van der Waals surface area contributed by atoms with E-state index in [0.717, 1.165) is 12.8 Å². The molecular weight excluding hydrogens is 270 g/mol. The van der Waals surface area contributed by atoms with Crippen molar-refractivity contribution >= 4 is 17.5 Å². The Kier molecular flexibility index (Phi) is 4.67. The molecule has 0 radical (unpaired) electrons. The number of ether oxygens (including phenoxy) is 1. The zero-order valence-corrected chi connectivity index (χ0v) is 12.4. The number of rotatable bonds is 3. The van der Waals surface area contributed by atoms with Gasteiger partial charge in [0.15, 0.2) is 0 Å². The third-order valence-electron chi connectivity index (χ3n) is 3.64. The molecule has 1 aromatic rings. The van der Waals surface area contributed by atoms with Crippen molar-refractivity contribution in [1.82, 2.24) is 10.2 Å². The standard InChI is InChI=1S/C15H21N3O3/c1-10(19)17-12-5-7-18(8-6-12)15(20)13-9-11(16)3-4-14(13)21-2/h3-4,9,12H,5-8,16H2,1-2H3,(H,17,19). The summed E-state index contributed by atoms with van der Waals surface area (Å²) in [5.41, 5.74) is 6.77. The van der Waals surface area contributed by atoms with Crippen LogP contribution in [0.1, 0.15) is 30.1 Å². The van der Waals surface area contributed by atoms with Crippen molar-refractivity contribution in [3.8, 4) is 5.75 Å². The van der Waals surface area contributed by atoms with E-state index in [4.69, 9.17) is 10.5 Å². The van der Waals surface area contributed by atoms with E-state index in [9.17, 15) is 9.59 Å². The predicted octanol–water partition coefficient (Wildman–Crippen LogP) is 1.02. The Labute approximate surface area is 124 Å².